The van der Waals surface area contributed by atoms with Crippen LogP contribution in [0.1, 0.15) is 5.56 Å². The van der Waals surface area contributed by atoms with Gasteiger partial charge in [-0.1, -0.05) is 30.3 Å². The van der Waals surface area contributed by atoms with Crippen LogP contribution in [0.4, 0.5) is 0 Å². The summed E-state index contributed by atoms with van der Waals surface area (Å²) in [5.74, 6) is 0. The van der Waals surface area contributed by atoms with Gasteiger partial charge in [0.2, 0.25) is 0 Å². The second-order valence-electron chi connectivity index (χ2n) is 3.93. The van der Waals surface area contributed by atoms with E-state index in [0.717, 1.165) is 5.56 Å². The highest BCUT2D eigenvalue weighted by molar-refractivity contribution is 5.13. The maximum atomic E-state index is 9.50. The van der Waals surface area contributed by atoms with Gasteiger partial charge in [0.1, 0.15) is 18.3 Å². The number of aliphatic hydroxyl groups is 2. The highest BCUT2D eigenvalue weighted by atomic mass is 16.6. The second kappa shape index (κ2) is 5.41. The molecule has 3 atom stereocenters. The quantitative estimate of drug-likeness (QED) is 0.773. The molecule has 0 spiro atoms. The first-order valence-corrected chi connectivity index (χ1v) is 5.37. The topological polar surface area (TPSA) is 58.9 Å². The average Bonchev–Trinajstić information content (AvgIpc) is 2.62. The predicted octanol–water partition coefficient (Wildman–Crippen LogP) is 0.324. The first-order chi connectivity index (χ1) is 7.77. The van der Waals surface area contributed by atoms with Gasteiger partial charge in [0, 0.05) is 0 Å². The van der Waals surface area contributed by atoms with Crippen LogP contribution in [0, 0.1) is 0 Å². The Morgan fingerprint density at radius 3 is 2.62 bits per heavy atom. The number of hydrogen-bond acceptors (Lipinski definition) is 4. The molecular formula is C12H16O4. The molecule has 2 rings (SSSR count). The second-order valence-corrected chi connectivity index (χ2v) is 3.93. The minimum absolute atomic E-state index is 0.181. The SMILES string of the molecule is OC1COC(COCc2ccccc2)C1O. The van der Waals surface area contributed by atoms with Crippen molar-refractivity contribution in [1.82, 2.24) is 0 Å². The van der Waals surface area contributed by atoms with Gasteiger partial charge >= 0.3 is 0 Å². The largest absolute Gasteiger partial charge is 0.388 e. The fraction of sp³-hybridized carbons (Fsp3) is 0.500. The maximum Gasteiger partial charge on any atom is 0.110 e. The van der Waals surface area contributed by atoms with Crippen molar-refractivity contribution in [1.29, 1.82) is 0 Å². The molecule has 0 amide bonds. The third-order valence-corrected chi connectivity index (χ3v) is 2.65. The zero-order valence-corrected chi connectivity index (χ0v) is 8.95. The molecule has 0 aliphatic carbocycles. The standard InChI is InChI=1S/C12H16O4/c13-10-7-16-11(12(10)14)8-15-6-9-4-2-1-3-5-9/h1-5,10-14H,6-8H2. The predicted molar refractivity (Wildman–Crippen MR) is 57.9 cm³/mol. The van der Waals surface area contributed by atoms with Crippen LogP contribution < -0.4 is 0 Å². The molecule has 3 unspecified atom stereocenters. The smallest absolute Gasteiger partial charge is 0.110 e. The molecule has 1 aromatic carbocycles. The summed E-state index contributed by atoms with van der Waals surface area (Å²) in [6.07, 6.45) is -2.04. The summed E-state index contributed by atoms with van der Waals surface area (Å²) in [6, 6.07) is 9.79. The van der Waals surface area contributed by atoms with Gasteiger partial charge in [0.05, 0.1) is 19.8 Å². The maximum absolute atomic E-state index is 9.50. The van der Waals surface area contributed by atoms with E-state index >= 15 is 0 Å². The van der Waals surface area contributed by atoms with Gasteiger partial charge in [-0.25, -0.2) is 0 Å². The number of benzene rings is 1. The molecule has 0 bridgehead atoms. The molecule has 16 heavy (non-hydrogen) atoms. The minimum Gasteiger partial charge on any atom is -0.388 e. The Bertz CT molecular complexity index is 314. The molecule has 88 valence electrons. The van der Waals surface area contributed by atoms with Crippen LogP contribution in [0.15, 0.2) is 30.3 Å². The summed E-state index contributed by atoms with van der Waals surface area (Å²) in [5, 5.41) is 18.8. The van der Waals surface area contributed by atoms with Crippen LogP contribution in [-0.2, 0) is 16.1 Å². The van der Waals surface area contributed by atoms with Crippen molar-refractivity contribution in [2.75, 3.05) is 13.2 Å². The van der Waals surface area contributed by atoms with Crippen molar-refractivity contribution >= 4 is 0 Å². The van der Waals surface area contributed by atoms with Crippen molar-refractivity contribution in [3.63, 3.8) is 0 Å². The van der Waals surface area contributed by atoms with Gasteiger partial charge in [0.25, 0.3) is 0 Å². The van der Waals surface area contributed by atoms with Crippen LogP contribution >= 0.6 is 0 Å². The lowest BCUT2D eigenvalue weighted by molar-refractivity contribution is -0.0344. The zero-order chi connectivity index (χ0) is 11.4. The van der Waals surface area contributed by atoms with E-state index in [1.807, 2.05) is 30.3 Å². The Morgan fingerprint density at radius 2 is 2.00 bits per heavy atom. The third kappa shape index (κ3) is 2.80. The van der Waals surface area contributed by atoms with Crippen LogP contribution in [0.5, 0.6) is 0 Å². The van der Waals surface area contributed by atoms with E-state index in [-0.39, 0.29) is 6.61 Å². The van der Waals surface area contributed by atoms with E-state index in [0.29, 0.717) is 13.2 Å². The zero-order valence-electron chi connectivity index (χ0n) is 8.95. The fourth-order valence-electron chi connectivity index (χ4n) is 1.68. The summed E-state index contributed by atoms with van der Waals surface area (Å²) in [6.45, 7) is 0.969. The Hall–Kier alpha value is -0.940. The van der Waals surface area contributed by atoms with Crippen molar-refractivity contribution in [3.05, 3.63) is 35.9 Å². The van der Waals surface area contributed by atoms with Crippen LogP contribution in [0.3, 0.4) is 0 Å². The number of aliphatic hydroxyl groups excluding tert-OH is 2. The van der Waals surface area contributed by atoms with E-state index in [1.165, 1.54) is 0 Å². The Balaban J connectivity index is 1.73. The van der Waals surface area contributed by atoms with Gasteiger partial charge < -0.3 is 19.7 Å². The van der Waals surface area contributed by atoms with Crippen LogP contribution in [0.25, 0.3) is 0 Å². The minimum atomic E-state index is -0.837. The molecular weight excluding hydrogens is 208 g/mol. The Morgan fingerprint density at radius 1 is 1.25 bits per heavy atom. The molecule has 1 fully saturated rings. The van der Waals surface area contributed by atoms with E-state index in [9.17, 15) is 10.2 Å². The molecule has 0 aromatic heterocycles. The Kier molecular flexibility index (Phi) is 3.90. The lowest BCUT2D eigenvalue weighted by Gasteiger charge is -2.14. The van der Waals surface area contributed by atoms with Crippen LogP contribution in [0.2, 0.25) is 0 Å². The first kappa shape index (κ1) is 11.5. The Labute approximate surface area is 94.4 Å². The number of hydrogen-bond donors (Lipinski definition) is 2. The van der Waals surface area contributed by atoms with Crippen molar-refractivity contribution in [3.8, 4) is 0 Å². The summed E-state index contributed by atoms with van der Waals surface area (Å²) >= 11 is 0. The normalized spacial score (nSPS) is 29.5. The van der Waals surface area contributed by atoms with Crippen molar-refractivity contribution in [2.45, 2.75) is 24.9 Å². The van der Waals surface area contributed by atoms with E-state index < -0.39 is 18.3 Å². The van der Waals surface area contributed by atoms with Gasteiger partial charge in [0.15, 0.2) is 0 Å². The van der Waals surface area contributed by atoms with Crippen molar-refractivity contribution in [2.24, 2.45) is 0 Å². The highest BCUT2D eigenvalue weighted by Crippen LogP contribution is 2.15. The summed E-state index contributed by atoms with van der Waals surface area (Å²) in [4.78, 5) is 0. The number of rotatable bonds is 4. The molecule has 1 aliphatic heterocycles. The van der Waals surface area contributed by atoms with E-state index in [2.05, 4.69) is 0 Å². The van der Waals surface area contributed by atoms with Gasteiger partial charge in [-0.05, 0) is 5.56 Å². The van der Waals surface area contributed by atoms with E-state index in [4.69, 9.17) is 9.47 Å². The lowest BCUT2D eigenvalue weighted by atomic mass is 10.1. The molecule has 1 heterocycles. The molecule has 0 saturated carbocycles. The summed E-state index contributed by atoms with van der Waals surface area (Å²) < 4.78 is 10.6. The summed E-state index contributed by atoms with van der Waals surface area (Å²) in [5.41, 5.74) is 1.08. The molecule has 0 radical (unpaired) electrons. The lowest BCUT2D eigenvalue weighted by Crippen LogP contribution is -2.32. The molecule has 1 saturated heterocycles. The van der Waals surface area contributed by atoms with E-state index in [1.54, 1.807) is 0 Å². The molecule has 1 aliphatic rings. The average molecular weight is 224 g/mol. The molecule has 2 N–H and O–H groups in total. The first-order valence-electron chi connectivity index (χ1n) is 5.37. The molecule has 4 heteroatoms. The van der Waals surface area contributed by atoms with Gasteiger partial charge in [-0.2, -0.15) is 0 Å². The van der Waals surface area contributed by atoms with Gasteiger partial charge in [-0.3, -0.25) is 0 Å². The third-order valence-electron chi connectivity index (χ3n) is 2.65. The summed E-state index contributed by atoms with van der Waals surface area (Å²) in [7, 11) is 0. The monoisotopic (exact) mass is 224 g/mol. The van der Waals surface area contributed by atoms with Crippen molar-refractivity contribution < 1.29 is 19.7 Å². The number of ether oxygens (including phenoxy) is 2. The fourth-order valence-corrected chi connectivity index (χ4v) is 1.68. The van der Waals surface area contributed by atoms with Crippen LogP contribution in [-0.4, -0.2) is 41.7 Å². The van der Waals surface area contributed by atoms with Gasteiger partial charge in [-0.15, -0.1) is 0 Å². The molecule has 1 aromatic rings. The highest BCUT2D eigenvalue weighted by Gasteiger charge is 2.34. The molecule has 4 nitrogen and oxygen atoms in total.